The number of carbonyl (C=O) groups excluding carboxylic acids is 1. The van der Waals surface area contributed by atoms with Gasteiger partial charge in [-0.1, -0.05) is 18.2 Å². The van der Waals surface area contributed by atoms with Crippen molar-refractivity contribution in [3.8, 4) is 0 Å². The van der Waals surface area contributed by atoms with Gasteiger partial charge >= 0.3 is 0 Å². The number of amides is 1. The van der Waals surface area contributed by atoms with Crippen LogP contribution in [-0.4, -0.2) is 41.3 Å². The first-order chi connectivity index (χ1) is 13.5. The third-order valence-corrected chi connectivity index (χ3v) is 5.53. The number of nitrogens with one attached hydrogen (secondary N) is 1. The number of carbonyl (C=O) groups is 1. The van der Waals surface area contributed by atoms with Crippen LogP contribution in [0.3, 0.4) is 0 Å². The van der Waals surface area contributed by atoms with Crippen LogP contribution in [0.15, 0.2) is 51.0 Å². The normalized spacial score (nSPS) is 21.1. The minimum absolute atomic E-state index is 0.0423. The molecule has 0 fully saturated rings. The Morgan fingerprint density at radius 3 is 2.75 bits per heavy atom. The van der Waals surface area contributed by atoms with Crippen molar-refractivity contribution in [1.82, 2.24) is 20.4 Å². The van der Waals surface area contributed by atoms with Gasteiger partial charge in [-0.15, -0.1) is 22.0 Å². The van der Waals surface area contributed by atoms with Crippen molar-refractivity contribution in [2.24, 2.45) is 10.7 Å². The maximum atomic E-state index is 12.0. The van der Waals surface area contributed by atoms with E-state index in [9.17, 15) is 4.79 Å². The van der Waals surface area contributed by atoms with Crippen molar-refractivity contribution < 1.29 is 9.21 Å². The first-order valence-corrected chi connectivity index (χ1v) is 9.73. The number of allylic oxidation sites excluding steroid dienone is 1. The fraction of sp³-hybridized carbons (Fsp3) is 0.263. The predicted molar refractivity (Wildman–Crippen MR) is 108 cm³/mol. The van der Waals surface area contributed by atoms with Crippen molar-refractivity contribution in [2.45, 2.75) is 17.7 Å². The summed E-state index contributed by atoms with van der Waals surface area (Å²) in [7, 11) is 3.45. The number of rotatable bonds is 4. The Kier molecular flexibility index (Phi) is 4.91. The van der Waals surface area contributed by atoms with Crippen LogP contribution in [0.2, 0.25) is 0 Å². The molecule has 3 heterocycles. The summed E-state index contributed by atoms with van der Waals surface area (Å²) in [5.41, 5.74) is 8.11. The fourth-order valence-electron chi connectivity index (χ4n) is 2.93. The van der Waals surface area contributed by atoms with E-state index in [1.165, 1.54) is 0 Å². The number of thioether (sulfide) groups is 1. The molecule has 1 amide bonds. The molecule has 0 saturated carbocycles. The quantitative estimate of drug-likeness (QED) is 0.817. The zero-order chi connectivity index (χ0) is 19.7. The third kappa shape index (κ3) is 3.53. The van der Waals surface area contributed by atoms with Crippen molar-refractivity contribution >= 4 is 29.6 Å². The number of aliphatic imine (C=N–C) groups is 1. The van der Waals surface area contributed by atoms with Crippen molar-refractivity contribution in [3.05, 3.63) is 64.5 Å². The standard InChI is InChI=1S/C19H20N6O2S/c1-25(2)19(26)12-7-5-11(6-8-12)13-10-21-16(20)15(22-13)18-24-23-17(27-18)14-4-3-9-28-14/h3,5-10,13-14,22H,4,20H2,1-2H3. The molecule has 2 atom stereocenters. The van der Waals surface area contributed by atoms with Gasteiger partial charge in [-0.05, 0) is 29.5 Å². The summed E-state index contributed by atoms with van der Waals surface area (Å²) in [6.45, 7) is 0. The molecular weight excluding hydrogens is 376 g/mol. The molecular formula is C19H20N6O2S. The summed E-state index contributed by atoms with van der Waals surface area (Å²) in [5, 5.41) is 13.8. The van der Waals surface area contributed by atoms with Gasteiger partial charge in [0.1, 0.15) is 5.70 Å². The topological polar surface area (TPSA) is 110 Å². The lowest BCUT2D eigenvalue weighted by atomic mass is 10.0. The molecule has 0 radical (unpaired) electrons. The highest BCUT2D eigenvalue weighted by Gasteiger charge is 2.25. The van der Waals surface area contributed by atoms with Gasteiger partial charge in [-0.2, -0.15) is 0 Å². The van der Waals surface area contributed by atoms with Crippen molar-refractivity contribution in [2.75, 3.05) is 14.1 Å². The van der Waals surface area contributed by atoms with Gasteiger partial charge in [0.25, 0.3) is 11.8 Å². The minimum atomic E-state index is -0.219. The summed E-state index contributed by atoms with van der Waals surface area (Å²) in [5.74, 6) is 1.15. The highest BCUT2D eigenvalue weighted by Crippen LogP contribution is 2.38. The van der Waals surface area contributed by atoms with Crippen LogP contribution in [0.1, 0.15) is 45.4 Å². The number of nitrogens with two attached hydrogens (primary N) is 1. The lowest BCUT2D eigenvalue weighted by Crippen LogP contribution is -2.28. The summed E-state index contributed by atoms with van der Waals surface area (Å²) in [6, 6.07) is 7.15. The predicted octanol–water partition coefficient (Wildman–Crippen LogP) is 2.46. The number of hydrogen-bond acceptors (Lipinski definition) is 8. The molecule has 0 bridgehead atoms. The molecule has 9 heteroatoms. The zero-order valence-corrected chi connectivity index (χ0v) is 16.3. The lowest BCUT2D eigenvalue weighted by Gasteiger charge is -2.21. The van der Waals surface area contributed by atoms with Gasteiger partial charge in [-0.3, -0.25) is 4.79 Å². The van der Waals surface area contributed by atoms with Crippen LogP contribution in [0.4, 0.5) is 0 Å². The summed E-state index contributed by atoms with van der Waals surface area (Å²) >= 11 is 1.65. The second-order valence-electron chi connectivity index (χ2n) is 6.66. The molecule has 2 aliphatic rings. The second-order valence-corrected chi connectivity index (χ2v) is 7.77. The van der Waals surface area contributed by atoms with E-state index < -0.39 is 0 Å². The molecule has 2 aliphatic heterocycles. The molecule has 28 heavy (non-hydrogen) atoms. The van der Waals surface area contributed by atoms with E-state index >= 15 is 0 Å². The van der Waals surface area contributed by atoms with Gasteiger partial charge in [0.2, 0.25) is 5.89 Å². The Hall–Kier alpha value is -3.07. The van der Waals surface area contributed by atoms with Crippen LogP contribution >= 0.6 is 11.8 Å². The van der Waals surface area contributed by atoms with Crippen LogP contribution in [0.25, 0.3) is 5.70 Å². The van der Waals surface area contributed by atoms with Crippen LogP contribution in [-0.2, 0) is 0 Å². The molecule has 0 spiro atoms. The van der Waals surface area contributed by atoms with Gasteiger partial charge in [-0.25, -0.2) is 4.99 Å². The van der Waals surface area contributed by atoms with Crippen LogP contribution in [0, 0.1) is 0 Å². The Labute approximate surface area is 166 Å². The zero-order valence-electron chi connectivity index (χ0n) is 15.5. The van der Waals surface area contributed by atoms with Crippen LogP contribution in [0.5, 0.6) is 0 Å². The van der Waals surface area contributed by atoms with Crippen molar-refractivity contribution in [1.29, 1.82) is 0 Å². The number of nitrogens with zero attached hydrogens (tertiary/aromatic N) is 4. The number of hydrogen-bond donors (Lipinski definition) is 2. The Bertz CT molecular complexity index is 969. The Balaban J connectivity index is 1.52. The largest absolute Gasteiger partial charge is 0.418 e. The first kappa shape index (κ1) is 18.3. The summed E-state index contributed by atoms with van der Waals surface area (Å²) in [4.78, 5) is 17.9. The molecule has 0 saturated heterocycles. The molecule has 2 unspecified atom stereocenters. The number of aromatic nitrogens is 2. The second kappa shape index (κ2) is 7.51. The highest BCUT2D eigenvalue weighted by molar-refractivity contribution is 8.02. The van der Waals surface area contributed by atoms with Gasteiger partial charge in [0.05, 0.1) is 11.3 Å². The Morgan fingerprint density at radius 1 is 1.29 bits per heavy atom. The molecule has 1 aromatic heterocycles. The maximum Gasteiger partial charge on any atom is 0.267 e. The maximum absolute atomic E-state index is 12.0. The Morgan fingerprint density at radius 2 is 2.07 bits per heavy atom. The molecule has 3 N–H and O–H groups in total. The van der Waals surface area contributed by atoms with Gasteiger partial charge < -0.3 is 20.4 Å². The monoisotopic (exact) mass is 396 g/mol. The SMILES string of the molecule is CN(C)C(=O)c1ccc(C2C=NC(N)=C(c3nnc(C4CC=CS4)o3)N2)cc1. The van der Waals surface area contributed by atoms with Crippen molar-refractivity contribution in [3.63, 3.8) is 0 Å². The molecule has 2 aromatic rings. The molecule has 144 valence electrons. The molecule has 1 aromatic carbocycles. The van der Waals surface area contributed by atoms with Gasteiger partial charge in [0.15, 0.2) is 5.82 Å². The average molecular weight is 396 g/mol. The molecule has 4 rings (SSSR count). The first-order valence-electron chi connectivity index (χ1n) is 8.79. The van der Waals surface area contributed by atoms with E-state index in [0.29, 0.717) is 28.9 Å². The fourth-order valence-corrected chi connectivity index (χ4v) is 3.77. The van der Waals surface area contributed by atoms with E-state index in [4.69, 9.17) is 10.2 Å². The smallest absolute Gasteiger partial charge is 0.267 e. The molecule has 8 nitrogen and oxygen atoms in total. The highest BCUT2D eigenvalue weighted by atomic mass is 32.2. The van der Waals surface area contributed by atoms with E-state index in [1.54, 1.807) is 49.1 Å². The van der Waals surface area contributed by atoms with Gasteiger partial charge in [0, 0.05) is 25.9 Å². The summed E-state index contributed by atoms with van der Waals surface area (Å²) in [6.07, 6.45) is 4.67. The minimum Gasteiger partial charge on any atom is -0.418 e. The number of benzene rings is 1. The van der Waals surface area contributed by atoms with E-state index in [-0.39, 0.29) is 17.2 Å². The lowest BCUT2D eigenvalue weighted by molar-refractivity contribution is 0.0827. The van der Waals surface area contributed by atoms with E-state index in [1.807, 2.05) is 17.5 Å². The van der Waals surface area contributed by atoms with Crippen LogP contribution < -0.4 is 11.1 Å². The van der Waals surface area contributed by atoms with E-state index in [0.717, 1.165) is 12.0 Å². The average Bonchev–Trinajstić information content (AvgIpc) is 3.39. The third-order valence-electron chi connectivity index (χ3n) is 4.46. The molecule has 0 aliphatic carbocycles. The van der Waals surface area contributed by atoms with E-state index in [2.05, 4.69) is 26.6 Å². The summed E-state index contributed by atoms with van der Waals surface area (Å²) < 4.78 is 5.83.